The first kappa shape index (κ1) is 24.7. The molecule has 0 saturated heterocycles. The van der Waals surface area contributed by atoms with Gasteiger partial charge in [-0.2, -0.15) is 0 Å². The monoisotopic (exact) mass is 511 g/mol. The molecule has 1 heterocycles. The highest BCUT2D eigenvalue weighted by atomic mass is 16.5. The summed E-state index contributed by atoms with van der Waals surface area (Å²) in [6.07, 6.45) is 3.16. The first-order chi connectivity index (χ1) is 19.3. The lowest BCUT2D eigenvalue weighted by Gasteiger charge is -2.25. The van der Waals surface area contributed by atoms with E-state index in [-0.39, 0.29) is 12.6 Å². The summed E-state index contributed by atoms with van der Waals surface area (Å²) in [6, 6.07) is 41.9. The van der Waals surface area contributed by atoms with Crippen molar-refractivity contribution < 1.29 is 14.3 Å². The van der Waals surface area contributed by atoms with E-state index in [4.69, 9.17) is 9.47 Å². The zero-order valence-corrected chi connectivity index (χ0v) is 21.5. The fourth-order valence-corrected chi connectivity index (χ4v) is 5.14. The van der Waals surface area contributed by atoms with Crippen molar-refractivity contribution in [3.63, 3.8) is 0 Å². The lowest BCUT2D eigenvalue weighted by molar-refractivity contribution is -0.153. The van der Waals surface area contributed by atoms with Crippen LogP contribution in [0.15, 0.2) is 140 Å². The predicted molar refractivity (Wildman–Crippen MR) is 155 cm³/mol. The van der Waals surface area contributed by atoms with Gasteiger partial charge in [0.05, 0.1) is 13.2 Å². The number of aromatic nitrogens is 1. The highest BCUT2D eigenvalue weighted by Crippen LogP contribution is 2.36. The molecule has 0 aliphatic heterocycles. The number of hydrogen-bond donors (Lipinski definition) is 0. The van der Waals surface area contributed by atoms with Crippen LogP contribution < -0.4 is 0 Å². The highest BCUT2D eigenvalue weighted by Gasteiger charge is 2.29. The van der Waals surface area contributed by atoms with Gasteiger partial charge >= 0.3 is 5.97 Å². The van der Waals surface area contributed by atoms with Crippen molar-refractivity contribution >= 4 is 27.5 Å². The number of ether oxygens (including phenoxy) is 2. The summed E-state index contributed by atoms with van der Waals surface area (Å²) in [5.41, 5.74) is 2.96. The topological polar surface area (TPSA) is 40.5 Å². The first-order valence-corrected chi connectivity index (χ1v) is 13.2. The molecule has 0 aliphatic carbocycles. The predicted octanol–water partition coefficient (Wildman–Crippen LogP) is 7.89. The third-order valence-electron chi connectivity index (χ3n) is 7.09. The summed E-state index contributed by atoms with van der Waals surface area (Å²) < 4.78 is 14.4. The SMILES string of the molecule is O=C(OC(c1cccc2ccccc12)c1cccc2ccccc12)[C@H](COCc1ccccc1)n1cccc1. The molecule has 5 aromatic carbocycles. The van der Waals surface area contributed by atoms with Gasteiger partial charge < -0.3 is 14.0 Å². The fraction of sp³-hybridized carbons (Fsp3) is 0.114. The second-order valence-electron chi connectivity index (χ2n) is 9.60. The van der Waals surface area contributed by atoms with Gasteiger partial charge in [-0.1, -0.05) is 115 Å². The van der Waals surface area contributed by atoms with E-state index in [9.17, 15) is 4.79 Å². The lowest BCUT2D eigenvalue weighted by atomic mass is 9.92. The molecule has 0 saturated carbocycles. The van der Waals surface area contributed by atoms with Crippen molar-refractivity contribution in [1.82, 2.24) is 4.57 Å². The van der Waals surface area contributed by atoms with E-state index in [1.54, 1.807) is 0 Å². The molecule has 0 bridgehead atoms. The van der Waals surface area contributed by atoms with Crippen LogP contribution in [0.25, 0.3) is 21.5 Å². The first-order valence-electron chi connectivity index (χ1n) is 13.2. The number of esters is 1. The van der Waals surface area contributed by atoms with E-state index in [0.29, 0.717) is 6.61 Å². The molecule has 192 valence electrons. The Labute approximate surface area is 228 Å². The number of benzene rings is 5. The van der Waals surface area contributed by atoms with Gasteiger partial charge in [0.2, 0.25) is 0 Å². The Morgan fingerprint density at radius 2 is 1.15 bits per heavy atom. The van der Waals surface area contributed by atoms with Gasteiger partial charge in [0.15, 0.2) is 12.1 Å². The second-order valence-corrected chi connectivity index (χ2v) is 9.60. The van der Waals surface area contributed by atoms with E-state index >= 15 is 0 Å². The Morgan fingerprint density at radius 3 is 1.77 bits per heavy atom. The molecule has 6 rings (SSSR count). The molecule has 0 aliphatic rings. The maximum absolute atomic E-state index is 14.0. The molecule has 0 unspecified atom stereocenters. The van der Waals surface area contributed by atoms with E-state index in [1.807, 2.05) is 95.8 Å². The normalized spacial score (nSPS) is 12.1. The smallest absolute Gasteiger partial charge is 0.332 e. The number of hydrogen-bond acceptors (Lipinski definition) is 3. The van der Waals surface area contributed by atoms with Gasteiger partial charge in [-0.05, 0) is 39.2 Å². The van der Waals surface area contributed by atoms with Crippen LogP contribution >= 0.6 is 0 Å². The van der Waals surface area contributed by atoms with Crippen LogP contribution in [-0.2, 0) is 20.9 Å². The zero-order chi connectivity index (χ0) is 26.4. The summed E-state index contributed by atoms with van der Waals surface area (Å²) in [7, 11) is 0. The lowest BCUT2D eigenvalue weighted by Crippen LogP contribution is -2.27. The molecular formula is C35H29NO3. The average molecular weight is 512 g/mol. The van der Waals surface area contributed by atoms with Crippen LogP contribution in [0.2, 0.25) is 0 Å². The summed E-state index contributed by atoms with van der Waals surface area (Å²) in [5.74, 6) is -0.342. The van der Waals surface area contributed by atoms with Gasteiger partial charge in [0.25, 0.3) is 0 Å². The van der Waals surface area contributed by atoms with Crippen LogP contribution in [0.1, 0.15) is 28.8 Å². The quantitative estimate of drug-likeness (QED) is 0.185. The van der Waals surface area contributed by atoms with Gasteiger partial charge in [-0.3, -0.25) is 0 Å². The van der Waals surface area contributed by atoms with Gasteiger partial charge in [0, 0.05) is 23.5 Å². The highest BCUT2D eigenvalue weighted by molar-refractivity contribution is 5.90. The molecule has 1 aromatic heterocycles. The molecule has 4 nitrogen and oxygen atoms in total. The van der Waals surface area contributed by atoms with Crippen molar-refractivity contribution in [3.8, 4) is 0 Å². The third kappa shape index (κ3) is 5.33. The van der Waals surface area contributed by atoms with Gasteiger partial charge in [-0.25, -0.2) is 4.79 Å². The molecule has 4 heteroatoms. The fourth-order valence-electron chi connectivity index (χ4n) is 5.14. The van der Waals surface area contributed by atoms with Crippen LogP contribution in [0, 0.1) is 0 Å². The van der Waals surface area contributed by atoms with Crippen molar-refractivity contribution in [1.29, 1.82) is 0 Å². The average Bonchev–Trinajstić information content (AvgIpc) is 3.53. The van der Waals surface area contributed by atoms with E-state index in [1.165, 1.54) is 0 Å². The van der Waals surface area contributed by atoms with Crippen molar-refractivity contribution in [2.24, 2.45) is 0 Å². The molecule has 39 heavy (non-hydrogen) atoms. The van der Waals surface area contributed by atoms with Crippen LogP contribution in [0.5, 0.6) is 0 Å². The maximum atomic E-state index is 14.0. The largest absolute Gasteiger partial charge is 0.451 e. The number of carbonyl (C=O) groups is 1. The minimum atomic E-state index is -0.629. The summed E-state index contributed by atoms with van der Waals surface area (Å²) >= 11 is 0. The Balaban J connectivity index is 1.38. The standard InChI is InChI=1S/C35H29NO3/c37-35(33(36-22-8-9-23-36)25-38-24-26-12-2-1-3-13-26)39-34(31-20-10-16-27-14-4-6-18-29(27)31)32-21-11-17-28-15-5-7-19-30(28)32/h1-23,33-34H,24-25H2/t33-/m0/s1. The van der Waals surface area contributed by atoms with Crippen molar-refractivity contribution in [2.45, 2.75) is 18.8 Å². The van der Waals surface area contributed by atoms with Crippen LogP contribution in [-0.4, -0.2) is 17.1 Å². The molecule has 0 radical (unpaired) electrons. The Kier molecular flexibility index (Phi) is 7.19. The minimum Gasteiger partial charge on any atom is -0.451 e. The van der Waals surface area contributed by atoms with Crippen LogP contribution in [0.3, 0.4) is 0 Å². The van der Waals surface area contributed by atoms with E-state index in [2.05, 4.69) is 48.5 Å². The molecule has 0 amide bonds. The van der Waals surface area contributed by atoms with Crippen LogP contribution in [0.4, 0.5) is 0 Å². The summed E-state index contributed by atoms with van der Waals surface area (Å²) in [5, 5.41) is 4.32. The third-order valence-corrected chi connectivity index (χ3v) is 7.09. The molecule has 0 spiro atoms. The number of rotatable bonds is 9. The summed E-state index contributed by atoms with van der Waals surface area (Å²) in [6.45, 7) is 0.613. The summed E-state index contributed by atoms with van der Waals surface area (Å²) in [4.78, 5) is 14.0. The molecule has 6 aromatic rings. The van der Waals surface area contributed by atoms with Gasteiger partial charge in [-0.15, -0.1) is 0 Å². The Hall–Kier alpha value is -4.67. The van der Waals surface area contributed by atoms with E-state index < -0.39 is 12.1 Å². The number of nitrogens with zero attached hydrogens (tertiary/aromatic N) is 1. The number of carbonyl (C=O) groups excluding carboxylic acids is 1. The second kappa shape index (κ2) is 11.4. The molecule has 0 fully saturated rings. The molecular weight excluding hydrogens is 482 g/mol. The Morgan fingerprint density at radius 1 is 0.615 bits per heavy atom. The zero-order valence-electron chi connectivity index (χ0n) is 21.5. The van der Waals surface area contributed by atoms with Gasteiger partial charge in [0.1, 0.15) is 0 Å². The van der Waals surface area contributed by atoms with E-state index in [0.717, 1.165) is 38.2 Å². The van der Waals surface area contributed by atoms with Crippen molar-refractivity contribution in [2.75, 3.05) is 6.61 Å². The molecule has 0 N–H and O–H groups in total. The maximum Gasteiger partial charge on any atom is 0.332 e. The minimum absolute atomic E-state index is 0.195. The molecule has 1 atom stereocenters. The Bertz CT molecular complexity index is 1600. The number of fused-ring (bicyclic) bond motifs is 2. The van der Waals surface area contributed by atoms with Crippen molar-refractivity contribution in [3.05, 3.63) is 156 Å².